The molecule has 1 unspecified atom stereocenters. The number of piperidine rings is 1. The van der Waals surface area contributed by atoms with Gasteiger partial charge in [-0.05, 0) is 50.5 Å². The maximum Gasteiger partial charge on any atom is 0.252 e. The summed E-state index contributed by atoms with van der Waals surface area (Å²) in [6.07, 6.45) is 5.69. The fourth-order valence-electron chi connectivity index (χ4n) is 4.21. The highest BCUT2D eigenvalue weighted by atomic mass is 32.2. The Labute approximate surface area is 181 Å². The number of nitrogens with zero attached hydrogens (tertiary/aromatic N) is 3. The van der Waals surface area contributed by atoms with Gasteiger partial charge in [-0.15, -0.1) is 11.3 Å². The maximum atomic E-state index is 13.2. The third kappa shape index (κ3) is 4.60. The topological polar surface area (TPSA) is 105 Å². The molecule has 1 saturated carbocycles. The second-order valence-electron chi connectivity index (χ2n) is 8.46. The number of carbonyl (C=O) groups excluding carboxylic acids is 1. The van der Waals surface area contributed by atoms with Gasteiger partial charge in [-0.2, -0.15) is 9.29 Å². The molecule has 164 valence electrons. The van der Waals surface area contributed by atoms with Crippen molar-refractivity contribution in [1.82, 2.24) is 19.8 Å². The molecule has 30 heavy (non-hydrogen) atoms. The molecule has 2 fully saturated rings. The van der Waals surface area contributed by atoms with Gasteiger partial charge in [0.25, 0.3) is 10.0 Å². The predicted molar refractivity (Wildman–Crippen MR) is 113 cm³/mol. The van der Waals surface area contributed by atoms with Gasteiger partial charge in [0, 0.05) is 37.0 Å². The van der Waals surface area contributed by atoms with Crippen LogP contribution in [0.4, 0.5) is 0 Å². The molecule has 0 bridgehead atoms. The summed E-state index contributed by atoms with van der Waals surface area (Å²) in [5.74, 6) is 1.22. The average Bonchev–Trinajstić information content (AvgIpc) is 3.39. The van der Waals surface area contributed by atoms with E-state index >= 15 is 0 Å². The lowest BCUT2D eigenvalue weighted by molar-refractivity contribution is -0.127. The predicted octanol–water partition coefficient (Wildman–Crippen LogP) is 3.20. The Morgan fingerprint density at radius 1 is 1.27 bits per heavy atom. The average molecular weight is 453 g/mol. The van der Waals surface area contributed by atoms with Gasteiger partial charge in [-0.3, -0.25) is 4.79 Å². The molecular weight excluding hydrogens is 424 g/mol. The van der Waals surface area contributed by atoms with Crippen LogP contribution in [-0.2, 0) is 14.8 Å². The molecule has 1 atom stereocenters. The van der Waals surface area contributed by atoms with E-state index in [0.29, 0.717) is 30.2 Å². The highest BCUT2D eigenvalue weighted by molar-refractivity contribution is 7.91. The molecule has 3 heterocycles. The van der Waals surface area contributed by atoms with Crippen molar-refractivity contribution in [2.24, 2.45) is 11.8 Å². The molecule has 0 spiro atoms. The van der Waals surface area contributed by atoms with Crippen LogP contribution in [0.1, 0.15) is 51.3 Å². The van der Waals surface area contributed by atoms with Crippen LogP contribution in [0.25, 0.3) is 11.4 Å². The van der Waals surface area contributed by atoms with Gasteiger partial charge in [-0.25, -0.2) is 8.42 Å². The fourth-order valence-corrected chi connectivity index (χ4v) is 7.05. The van der Waals surface area contributed by atoms with Crippen LogP contribution < -0.4 is 5.32 Å². The number of carbonyl (C=O) groups is 1. The Hall–Kier alpha value is -1.78. The maximum absolute atomic E-state index is 13.2. The van der Waals surface area contributed by atoms with Crippen molar-refractivity contribution in [3.8, 4) is 11.4 Å². The van der Waals surface area contributed by atoms with E-state index in [9.17, 15) is 13.2 Å². The molecule has 1 saturated heterocycles. The molecule has 10 heteroatoms. The number of thiophene rings is 1. The van der Waals surface area contributed by atoms with E-state index in [-0.39, 0.29) is 28.6 Å². The van der Waals surface area contributed by atoms with Gasteiger partial charge >= 0.3 is 0 Å². The zero-order valence-electron chi connectivity index (χ0n) is 17.3. The molecule has 1 aliphatic carbocycles. The number of rotatable bonds is 5. The van der Waals surface area contributed by atoms with E-state index in [1.807, 2.05) is 0 Å². The highest BCUT2D eigenvalue weighted by Gasteiger charge is 2.35. The van der Waals surface area contributed by atoms with E-state index in [2.05, 4.69) is 22.4 Å². The lowest BCUT2D eigenvalue weighted by Crippen LogP contribution is -2.48. The lowest BCUT2D eigenvalue weighted by atomic mass is 9.87. The molecule has 1 N–H and O–H groups in total. The smallest absolute Gasteiger partial charge is 0.252 e. The van der Waals surface area contributed by atoms with Gasteiger partial charge in [0.2, 0.25) is 17.6 Å². The monoisotopic (exact) mass is 452 g/mol. The van der Waals surface area contributed by atoms with Crippen molar-refractivity contribution < 1.29 is 17.7 Å². The normalized spacial score (nSPS) is 25.9. The Bertz CT molecular complexity index is 992. The summed E-state index contributed by atoms with van der Waals surface area (Å²) in [6.45, 7) is 4.60. The zero-order valence-corrected chi connectivity index (χ0v) is 19.0. The molecule has 2 aromatic heterocycles. The first kappa shape index (κ1) is 21.5. The number of amides is 1. The second-order valence-corrected chi connectivity index (χ2v) is 11.5. The summed E-state index contributed by atoms with van der Waals surface area (Å²) >= 11 is 1.14. The first-order chi connectivity index (χ1) is 14.3. The van der Waals surface area contributed by atoms with E-state index < -0.39 is 10.0 Å². The van der Waals surface area contributed by atoms with Gasteiger partial charge in [0.05, 0.1) is 5.92 Å². The largest absolute Gasteiger partial charge is 0.353 e. The standard InChI is InChI=1S/C20H28N4O4S2/c1-13-5-7-17(8-6-13)22-20(25)15-4-3-9-24(11-15)30(26,27)18-10-16(12-29-18)19-21-14(2)28-23-19/h10,12-13,15,17H,3-9,11H2,1-2H3,(H,22,25). The van der Waals surface area contributed by atoms with Crippen molar-refractivity contribution in [1.29, 1.82) is 0 Å². The van der Waals surface area contributed by atoms with Crippen molar-refractivity contribution >= 4 is 27.3 Å². The van der Waals surface area contributed by atoms with Crippen LogP contribution in [0, 0.1) is 18.8 Å². The summed E-state index contributed by atoms with van der Waals surface area (Å²) in [5, 5.41) is 8.73. The number of hydrogen-bond donors (Lipinski definition) is 1. The van der Waals surface area contributed by atoms with Gasteiger partial charge in [-0.1, -0.05) is 12.1 Å². The third-order valence-corrected chi connectivity index (χ3v) is 9.35. The number of sulfonamides is 1. The quantitative estimate of drug-likeness (QED) is 0.747. The Balaban J connectivity index is 1.42. The van der Waals surface area contributed by atoms with Crippen LogP contribution in [0.15, 0.2) is 20.2 Å². The minimum Gasteiger partial charge on any atom is -0.353 e. The van der Waals surface area contributed by atoms with Crippen LogP contribution in [0.3, 0.4) is 0 Å². The van der Waals surface area contributed by atoms with Crippen LogP contribution in [0.5, 0.6) is 0 Å². The third-order valence-electron chi connectivity index (χ3n) is 6.07. The van der Waals surface area contributed by atoms with Gasteiger partial charge in [0.1, 0.15) is 4.21 Å². The summed E-state index contributed by atoms with van der Waals surface area (Å²) in [7, 11) is -3.66. The van der Waals surface area contributed by atoms with Crippen LogP contribution >= 0.6 is 11.3 Å². The molecule has 2 aromatic rings. The fraction of sp³-hybridized carbons (Fsp3) is 0.650. The molecular formula is C20H28N4O4S2. The Kier molecular flexibility index (Phi) is 6.26. The molecule has 0 aromatic carbocycles. The molecule has 1 aliphatic heterocycles. The molecule has 1 amide bonds. The molecule has 2 aliphatic rings. The lowest BCUT2D eigenvalue weighted by Gasteiger charge is -2.33. The van der Waals surface area contributed by atoms with Crippen LogP contribution in [-0.4, -0.2) is 47.9 Å². The Morgan fingerprint density at radius 2 is 2.03 bits per heavy atom. The summed E-state index contributed by atoms with van der Waals surface area (Å²) < 4.78 is 33.0. The first-order valence-corrected chi connectivity index (χ1v) is 12.8. The SMILES string of the molecule is Cc1nc(-c2csc(S(=O)(=O)N3CCCC(C(=O)NC4CCC(C)CC4)C3)c2)no1. The molecule has 8 nitrogen and oxygen atoms in total. The van der Waals surface area contributed by atoms with Crippen molar-refractivity contribution in [3.05, 3.63) is 17.3 Å². The van der Waals surface area contributed by atoms with Crippen LogP contribution in [0.2, 0.25) is 0 Å². The number of hydrogen-bond acceptors (Lipinski definition) is 7. The highest BCUT2D eigenvalue weighted by Crippen LogP contribution is 2.31. The van der Waals surface area contributed by atoms with E-state index in [1.54, 1.807) is 18.4 Å². The van der Waals surface area contributed by atoms with E-state index in [4.69, 9.17) is 4.52 Å². The summed E-state index contributed by atoms with van der Waals surface area (Å²) in [4.78, 5) is 16.9. The van der Waals surface area contributed by atoms with Crippen molar-refractivity contribution in [3.63, 3.8) is 0 Å². The second kappa shape index (κ2) is 8.76. The number of aryl methyl sites for hydroxylation is 1. The first-order valence-electron chi connectivity index (χ1n) is 10.5. The van der Waals surface area contributed by atoms with Crippen molar-refractivity contribution in [2.75, 3.05) is 13.1 Å². The minimum atomic E-state index is -3.66. The zero-order chi connectivity index (χ0) is 21.3. The number of nitrogens with one attached hydrogen (secondary N) is 1. The minimum absolute atomic E-state index is 0.0106. The van der Waals surface area contributed by atoms with Gasteiger partial charge < -0.3 is 9.84 Å². The molecule has 4 rings (SSSR count). The van der Waals surface area contributed by atoms with E-state index in [1.165, 1.54) is 4.31 Å². The Morgan fingerprint density at radius 3 is 2.73 bits per heavy atom. The summed E-state index contributed by atoms with van der Waals surface area (Å²) in [6, 6.07) is 1.80. The summed E-state index contributed by atoms with van der Waals surface area (Å²) in [5.41, 5.74) is 0.619. The van der Waals surface area contributed by atoms with Gasteiger partial charge in [0.15, 0.2) is 0 Å². The number of aromatic nitrogens is 2. The van der Waals surface area contributed by atoms with Crippen molar-refractivity contribution in [2.45, 2.75) is 62.6 Å². The molecule has 0 radical (unpaired) electrons. The van der Waals surface area contributed by atoms with E-state index in [0.717, 1.165) is 49.4 Å².